The maximum Gasteiger partial charge on any atom is 0.251 e. The van der Waals surface area contributed by atoms with E-state index in [0.29, 0.717) is 24.0 Å². The quantitative estimate of drug-likeness (QED) is 0.586. The number of oxazole rings is 1. The number of amides is 1. The number of nitrogens with one attached hydrogen (secondary N) is 1. The number of hydrogen-bond donors (Lipinski definition) is 1. The Balaban J connectivity index is 1.40. The van der Waals surface area contributed by atoms with Crippen LogP contribution in [0, 0.1) is 12.8 Å². The molecule has 0 aliphatic heterocycles. The van der Waals surface area contributed by atoms with Gasteiger partial charge in [-0.15, -0.1) is 0 Å². The molecule has 1 aromatic heterocycles. The Labute approximate surface area is 177 Å². The van der Waals surface area contributed by atoms with Gasteiger partial charge in [0.2, 0.25) is 5.89 Å². The van der Waals surface area contributed by atoms with Crippen LogP contribution in [0.4, 0.5) is 0 Å². The fourth-order valence-corrected chi connectivity index (χ4v) is 3.90. The van der Waals surface area contributed by atoms with Gasteiger partial charge in [-0.1, -0.05) is 38.0 Å². The summed E-state index contributed by atoms with van der Waals surface area (Å²) >= 11 is 0. The van der Waals surface area contributed by atoms with Gasteiger partial charge in [0.25, 0.3) is 5.91 Å². The van der Waals surface area contributed by atoms with E-state index >= 15 is 0 Å². The molecule has 0 spiro atoms. The first-order valence-electron chi connectivity index (χ1n) is 10.7. The first-order chi connectivity index (χ1) is 14.6. The predicted octanol–water partition coefficient (Wildman–Crippen LogP) is 5.54. The molecule has 1 aliphatic carbocycles. The molecule has 1 fully saturated rings. The molecule has 0 saturated heterocycles. The van der Waals surface area contributed by atoms with Crippen molar-refractivity contribution >= 4 is 5.91 Å². The highest BCUT2D eigenvalue weighted by Gasteiger charge is 2.23. The highest BCUT2D eigenvalue weighted by atomic mass is 16.5. The number of carbonyl (C=O) groups excluding carboxylic acids is 1. The average Bonchev–Trinajstić information content (AvgIpc) is 3.15. The van der Waals surface area contributed by atoms with Crippen molar-refractivity contribution in [2.24, 2.45) is 5.92 Å². The maximum absolute atomic E-state index is 12.6. The van der Waals surface area contributed by atoms with Crippen molar-refractivity contribution in [1.82, 2.24) is 10.3 Å². The predicted molar refractivity (Wildman–Crippen MR) is 116 cm³/mol. The fourth-order valence-electron chi connectivity index (χ4n) is 3.90. The highest BCUT2D eigenvalue weighted by Crippen LogP contribution is 2.25. The Morgan fingerprint density at radius 1 is 1.10 bits per heavy atom. The van der Waals surface area contributed by atoms with Crippen molar-refractivity contribution in [3.8, 4) is 17.2 Å². The molecule has 3 aromatic rings. The topological polar surface area (TPSA) is 64.4 Å². The van der Waals surface area contributed by atoms with Crippen LogP contribution in [0.2, 0.25) is 0 Å². The van der Waals surface area contributed by atoms with Gasteiger partial charge in [-0.3, -0.25) is 4.79 Å². The van der Waals surface area contributed by atoms with Crippen molar-refractivity contribution in [3.05, 3.63) is 71.6 Å². The van der Waals surface area contributed by atoms with Crippen molar-refractivity contribution < 1.29 is 13.9 Å². The number of rotatable bonds is 6. The van der Waals surface area contributed by atoms with Gasteiger partial charge in [-0.2, -0.15) is 0 Å². The number of nitrogens with zero attached hydrogens (tertiary/aromatic N) is 1. The summed E-state index contributed by atoms with van der Waals surface area (Å²) in [5.41, 5.74) is 2.26. The molecule has 156 valence electrons. The van der Waals surface area contributed by atoms with Crippen LogP contribution in [0.15, 0.2) is 59.0 Å². The van der Waals surface area contributed by atoms with Crippen molar-refractivity contribution in [2.45, 2.75) is 52.2 Å². The Morgan fingerprint density at radius 2 is 1.83 bits per heavy atom. The molecule has 1 saturated carbocycles. The summed E-state index contributed by atoms with van der Waals surface area (Å²) in [5.74, 6) is 2.58. The second-order valence-corrected chi connectivity index (χ2v) is 8.04. The molecule has 0 radical (unpaired) electrons. The molecule has 4 rings (SSSR count). The molecular weight excluding hydrogens is 376 g/mol. The second kappa shape index (κ2) is 9.16. The lowest BCUT2D eigenvalue weighted by Gasteiger charge is -2.29. The minimum Gasteiger partial charge on any atom is -0.487 e. The molecule has 1 aliphatic rings. The largest absolute Gasteiger partial charge is 0.487 e. The minimum absolute atomic E-state index is 0.0131. The molecular formula is C25H28N2O3. The van der Waals surface area contributed by atoms with Crippen LogP contribution in [0.3, 0.4) is 0 Å². The summed E-state index contributed by atoms with van der Waals surface area (Å²) in [6, 6.07) is 17.3. The van der Waals surface area contributed by atoms with E-state index in [1.165, 1.54) is 19.3 Å². The van der Waals surface area contributed by atoms with Gasteiger partial charge in [0.15, 0.2) is 0 Å². The zero-order valence-corrected chi connectivity index (χ0v) is 17.6. The lowest BCUT2D eigenvalue weighted by molar-refractivity contribution is 0.0910. The van der Waals surface area contributed by atoms with Crippen molar-refractivity contribution in [3.63, 3.8) is 0 Å². The summed E-state index contributed by atoms with van der Waals surface area (Å²) in [4.78, 5) is 17.2. The fraction of sp³-hybridized carbons (Fsp3) is 0.360. The van der Waals surface area contributed by atoms with Gasteiger partial charge in [0.05, 0.1) is 0 Å². The Morgan fingerprint density at radius 3 is 2.57 bits per heavy atom. The SMILES string of the molecule is Cc1oc(-c2ccc(C(=O)N[C@H]3CCCC[C@@H]3C)cc2)nc1COc1ccccc1. The zero-order valence-electron chi connectivity index (χ0n) is 17.6. The smallest absolute Gasteiger partial charge is 0.251 e. The lowest BCUT2D eigenvalue weighted by Crippen LogP contribution is -2.41. The van der Waals surface area contributed by atoms with Crippen LogP contribution in [-0.4, -0.2) is 16.9 Å². The van der Waals surface area contributed by atoms with E-state index in [9.17, 15) is 4.79 Å². The molecule has 0 bridgehead atoms. The van der Waals surface area contributed by atoms with Gasteiger partial charge >= 0.3 is 0 Å². The highest BCUT2D eigenvalue weighted by molar-refractivity contribution is 5.94. The van der Waals surface area contributed by atoms with E-state index in [4.69, 9.17) is 9.15 Å². The van der Waals surface area contributed by atoms with Crippen LogP contribution in [0.1, 0.15) is 54.4 Å². The summed E-state index contributed by atoms with van der Waals surface area (Å²) in [7, 11) is 0. The first-order valence-corrected chi connectivity index (χ1v) is 10.7. The van der Waals surface area contributed by atoms with E-state index in [-0.39, 0.29) is 11.9 Å². The van der Waals surface area contributed by atoms with Crippen LogP contribution in [0.25, 0.3) is 11.5 Å². The number of benzene rings is 2. The number of aromatic nitrogens is 1. The molecule has 1 amide bonds. The molecule has 1 heterocycles. The number of ether oxygens (including phenoxy) is 1. The van der Waals surface area contributed by atoms with Crippen molar-refractivity contribution in [2.75, 3.05) is 0 Å². The van der Waals surface area contributed by atoms with Gasteiger partial charge < -0.3 is 14.5 Å². The van der Waals surface area contributed by atoms with Gasteiger partial charge in [0.1, 0.15) is 23.8 Å². The third-order valence-corrected chi connectivity index (χ3v) is 5.83. The summed E-state index contributed by atoms with van der Waals surface area (Å²) in [6.07, 6.45) is 4.70. The Hall–Kier alpha value is -3.08. The Kier molecular flexibility index (Phi) is 6.17. The van der Waals surface area contributed by atoms with Gasteiger partial charge in [0, 0.05) is 17.2 Å². The van der Waals surface area contributed by atoms with Gasteiger partial charge in [-0.05, 0) is 62.1 Å². The molecule has 1 N–H and O–H groups in total. The van der Waals surface area contributed by atoms with E-state index in [2.05, 4.69) is 17.2 Å². The van der Waals surface area contributed by atoms with E-state index < -0.39 is 0 Å². The average molecular weight is 405 g/mol. The van der Waals surface area contributed by atoms with Gasteiger partial charge in [-0.25, -0.2) is 4.98 Å². The second-order valence-electron chi connectivity index (χ2n) is 8.04. The summed E-state index contributed by atoms with van der Waals surface area (Å²) in [5, 5.41) is 3.20. The molecule has 5 nitrogen and oxygen atoms in total. The number of carbonyl (C=O) groups is 1. The Bertz CT molecular complexity index is 979. The monoisotopic (exact) mass is 404 g/mol. The van der Waals surface area contributed by atoms with E-state index in [1.807, 2.05) is 61.5 Å². The number of para-hydroxylation sites is 1. The van der Waals surface area contributed by atoms with Crippen LogP contribution < -0.4 is 10.1 Å². The minimum atomic E-state index is -0.0131. The van der Waals surface area contributed by atoms with Crippen LogP contribution in [-0.2, 0) is 6.61 Å². The molecule has 2 atom stereocenters. The molecule has 30 heavy (non-hydrogen) atoms. The molecule has 5 heteroatoms. The van der Waals surface area contributed by atoms with Crippen molar-refractivity contribution in [1.29, 1.82) is 0 Å². The van der Waals surface area contributed by atoms with Crippen LogP contribution in [0.5, 0.6) is 5.75 Å². The third kappa shape index (κ3) is 4.73. The lowest BCUT2D eigenvalue weighted by atomic mass is 9.86. The van der Waals surface area contributed by atoms with E-state index in [1.54, 1.807) is 0 Å². The first kappa shape index (κ1) is 20.2. The number of aryl methyl sites for hydroxylation is 1. The summed E-state index contributed by atoms with van der Waals surface area (Å²) in [6.45, 7) is 4.45. The van der Waals surface area contributed by atoms with E-state index in [0.717, 1.165) is 29.2 Å². The molecule has 0 unspecified atom stereocenters. The zero-order chi connectivity index (χ0) is 20.9. The third-order valence-electron chi connectivity index (χ3n) is 5.83. The standard InChI is InChI=1S/C25H28N2O3/c1-17-8-6-7-11-22(17)26-24(28)19-12-14-20(15-13-19)25-27-23(18(2)30-25)16-29-21-9-4-3-5-10-21/h3-5,9-10,12-15,17,22H,6-8,11,16H2,1-2H3,(H,26,28)/t17-,22-/m0/s1. The number of hydrogen-bond acceptors (Lipinski definition) is 4. The normalized spacial score (nSPS) is 18.7. The van der Waals surface area contributed by atoms with Crippen LogP contribution >= 0.6 is 0 Å². The summed E-state index contributed by atoms with van der Waals surface area (Å²) < 4.78 is 11.6. The molecule has 2 aromatic carbocycles. The maximum atomic E-state index is 12.6.